The fraction of sp³-hybridized carbons (Fsp3) is 0.647. The van der Waals surface area contributed by atoms with Crippen LogP contribution in [0, 0.1) is 5.92 Å². The third-order valence-electron chi connectivity index (χ3n) is 3.88. The Morgan fingerprint density at radius 3 is 2.90 bits per heavy atom. The molecule has 0 unspecified atom stereocenters. The first kappa shape index (κ1) is 15.5. The maximum atomic E-state index is 9.98. The van der Waals surface area contributed by atoms with Gasteiger partial charge in [0.2, 0.25) is 0 Å². The third kappa shape index (κ3) is 4.58. The summed E-state index contributed by atoms with van der Waals surface area (Å²) in [4.78, 5) is 0. The van der Waals surface area contributed by atoms with Crippen molar-refractivity contribution >= 4 is 0 Å². The SMILES string of the molecule is CC(C)C[NH2+]C[C@@H](O)CO[C@H]1CCCc2ccccc21. The standard InChI is InChI=1S/C17H27NO2/c1-13(2)10-18-11-15(19)12-20-17-9-5-7-14-6-3-4-8-16(14)17/h3-4,6,8,13,15,17-19H,5,7,9-12H2,1-2H3/p+1/t15-,17+/m1/s1. The number of aliphatic hydroxyl groups excluding tert-OH is 1. The van der Waals surface area contributed by atoms with Gasteiger partial charge < -0.3 is 15.2 Å². The van der Waals surface area contributed by atoms with Crippen LogP contribution in [0.25, 0.3) is 0 Å². The molecule has 0 saturated heterocycles. The molecule has 20 heavy (non-hydrogen) atoms. The second-order valence-corrected chi connectivity index (χ2v) is 6.22. The highest BCUT2D eigenvalue weighted by atomic mass is 16.5. The second kappa shape index (κ2) is 7.77. The van der Waals surface area contributed by atoms with Crippen molar-refractivity contribution in [1.82, 2.24) is 0 Å². The quantitative estimate of drug-likeness (QED) is 0.797. The van der Waals surface area contributed by atoms with Gasteiger partial charge in [0.25, 0.3) is 0 Å². The Morgan fingerprint density at radius 2 is 2.10 bits per heavy atom. The molecule has 3 N–H and O–H groups in total. The first-order valence-electron chi connectivity index (χ1n) is 7.86. The van der Waals surface area contributed by atoms with Gasteiger partial charge in [0, 0.05) is 5.92 Å². The fourth-order valence-electron chi connectivity index (χ4n) is 2.80. The van der Waals surface area contributed by atoms with Crippen LogP contribution in [0.1, 0.15) is 43.9 Å². The second-order valence-electron chi connectivity index (χ2n) is 6.22. The summed E-state index contributed by atoms with van der Waals surface area (Å²) in [6.07, 6.45) is 3.19. The summed E-state index contributed by atoms with van der Waals surface area (Å²) in [5.74, 6) is 0.660. The smallest absolute Gasteiger partial charge is 0.126 e. The molecule has 3 heteroatoms. The number of fused-ring (bicyclic) bond motifs is 1. The molecule has 0 saturated carbocycles. The molecule has 0 amide bonds. The summed E-state index contributed by atoms with van der Waals surface area (Å²) < 4.78 is 5.96. The maximum Gasteiger partial charge on any atom is 0.126 e. The molecule has 0 radical (unpaired) electrons. The first-order valence-corrected chi connectivity index (χ1v) is 7.86. The Morgan fingerprint density at radius 1 is 1.30 bits per heavy atom. The average molecular weight is 278 g/mol. The molecule has 2 atom stereocenters. The van der Waals surface area contributed by atoms with E-state index in [0.717, 1.165) is 25.9 Å². The van der Waals surface area contributed by atoms with Gasteiger partial charge in [-0.25, -0.2) is 0 Å². The zero-order valence-corrected chi connectivity index (χ0v) is 12.7. The first-order chi connectivity index (χ1) is 9.66. The van der Waals surface area contributed by atoms with E-state index in [0.29, 0.717) is 12.5 Å². The zero-order valence-electron chi connectivity index (χ0n) is 12.7. The van der Waals surface area contributed by atoms with Gasteiger partial charge in [-0.1, -0.05) is 38.1 Å². The van der Waals surface area contributed by atoms with Gasteiger partial charge in [0.05, 0.1) is 19.3 Å². The summed E-state index contributed by atoms with van der Waals surface area (Å²) in [6, 6.07) is 8.53. The Balaban J connectivity index is 1.77. The van der Waals surface area contributed by atoms with Gasteiger partial charge in [0.15, 0.2) is 0 Å². The molecule has 112 valence electrons. The van der Waals surface area contributed by atoms with Crippen LogP contribution in [0.3, 0.4) is 0 Å². The van der Waals surface area contributed by atoms with E-state index >= 15 is 0 Å². The van der Waals surface area contributed by atoms with Gasteiger partial charge in [-0.05, 0) is 30.4 Å². The van der Waals surface area contributed by atoms with Gasteiger partial charge in [-0.3, -0.25) is 0 Å². The fourth-order valence-corrected chi connectivity index (χ4v) is 2.80. The molecule has 0 aliphatic heterocycles. The molecule has 1 aromatic rings. The number of benzene rings is 1. The lowest BCUT2D eigenvalue weighted by molar-refractivity contribution is -0.665. The average Bonchev–Trinajstić information content (AvgIpc) is 2.44. The number of rotatable bonds is 7. The van der Waals surface area contributed by atoms with Crippen LogP contribution in [-0.2, 0) is 11.2 Å². The van der Waals surface area contributed by atoms with Crippen molar-refractivity contribution in [2.24, 2.45) is 5.92 Å². The van der Waals surface area contributed by atoms with Crippen molar-refractivity contribution in [2.45, 2.75) is 45.3 Å². The molecular formula is C17H28NO2+. The van der Waals surface area contributed by atoms with Crippen molar-refractivity contribution in [3.05, 3.63) is 35.4 Å². The van der Waals surface area contributed by atoms with E-state index in [1.54, 1.807) is 0 Å². The Kier molecular flexibility index (Phi) is 6.02. The molecule has 1 aliphatic carbocycles. The minimum Gasteiger partial charge on any atom is -0.385 e. The van der Waals surface area contributed by atoms with Gasteiger partial charge in [-0.15, -0.1) is 0 Å². The number of aliphatic hydroxyl groups is 1. The molecule has 0 fully saturated rings. The van der Waals surface area contributed by atoms with Crippen LogP contribution in [0.15, 0.2) is 24.3 Å². The predicted octanol–water partition coefficient (Wildman–Crippen LogP) is 1.66. The highest BCUT2D eigenvalue weighted by Crippen LogP contribution is 2.32. The Hall–Kier alpha value is -0.900. The van der Waals surface area contributed by atoms with Crippen molar-refractivity contribution in [3.63, 3.8) is 0 Å². The molecule has 0 aromatic heterocycles. The van der Waals surface area contributed by atoms with Crippen LogP contribution < -0.4 is 5.32 Å². The number of nitrogens with two attached hydrogens (primary N) is 1. The number of aryl methyl sites for hydroxylation is 1. The maximum absolute atomic E-state index is 9.98. The minimum atomic E-state index is -0.372. The zero-order chi connectivity index (χ0) is 14.4. The minimum absolute atomic E-state index is 0.166. The Bertz CT molecular complexity index is 406. The molecule has 3 nitrogen and oxygen atoms in total. The molecule has 0 heterocycles. The van der Waals surface area contributed by atoms with Crippen LogP contribution in [0.5, 0.6) is 0 Å². The lowest BCUT2D eigenvalue weighted by Gasteiger charge is -2.26. The highest BCUT2D eigenvalue weighted by molar-refractivity contribution is 5.31. The van der Waals surface area contributed by atoms with E-state index in [1.165, 1.54) is 17.5 Å². The van der Waals surface area contributed by atoms with E-state index in [4.69, 9.17) is 4.74 Å². The molecular weight excluding hydrogens is 250 g/mol. The van der Waals surface area contributed by atoms with Crippen molar-refractivity contribution in [2.75, 3.05) is 19.7 Å². The van der Waals surface area contributed by atoms with Crippen molar-refractivity contribution in [3.8, 4) is 0 Å². The van der Waals surface area contributed by atoms with Crippen LogP contribution in [0.2, 0.25) is 0 Å². The van der Waals surface area contributed by atoms with E-state index in [9.17, 15) is 5.11 Å². The summed E-state index contributed by atoms with van der Waals surface area (Å²) in [5, 5.41) is 12.2. The molecule has 0 bridgehead atoms. The van der Waals surface area contributed by atoms with Gasteiger partial charge >= 0.3 is 0 Å². The topological polar surface area (TPSA) is 46.1 Å². The largest absolute Gasteiger partial charge is 0.385 e. The summed E-state index contributed by atoms with van der Waals surface area (Å²) in [5.41, 5.74) is 2.72. The van der Waals surface area contributed by atoms with E-state index in [-0.39, 0.29) is 12.2 Å². The molecule has 1 aromatic carbocycles. The van der Waals surface area contributed by atoms with Gasteiger partial charge in [0.1, 0.15) is 12.6 Å². The normalized spacial score (nSPS) is 19.9. The number of hydrogen-bond donors (Lipinski definition) is 2. The lowest BCUT2D eigenvalue weighted by atomic mass is 9.89. The van der Waals surface area contributed by atoms with Gasteiger partial charge in [-0.2, -0.15) is 0 Å². The molecule has 2 rings (SSSR count). The van der Waals surface area contributed by atoms with Crippen LogP contribution >= 0.6 is 0 Å². The number of ether oxygens (including phenoxy) is 1. The molecule has 0 spiro atoms. The van der Waals surface area contributed by atoms with E-state index in [2.05, 4.69) is 43.4 Å². The molecule has 1 aliphatic rings. The van der Waals surface area contributed by atoms with Crippen LogP contribution in [-0.4, -0.2) is 30.9 Å². The summed E-state index contributed by atoms with van der Waals surface area (Å²) in [6.45, 7) is 6.61. The monoisotopic (exact) mass is 278 g/mol. The van der Waals surface area contributed by atoms with Crippen LogP contribution in [0.4, 0.5) is 0 Å². The van der Waals surface area contributed by atoms with E-state index < -0.39 is 0 Å². The lowest BCUT2D eigenvalue weighted by Crippen LogP contribution is -2.87. The number of quaternary nitrogens is 1. The Labute approximate surface area is 122 Å². The van der Waals surface area contributed by atoms with E-state index in [1.807, 2.05) is 0 Å². The summed E-state index contributed by atoms with van der Waals surface area (Å²) >= 11 is 0. The summed E-state index contributed by atoms with van der Waals surface area (Å²) in [7, 11) is 0. The predicted molar refractivity (Wildman–Crippen MR) is 80.6 cm³/mol. The highest BCUT2D eigenvalue weighted by Gasteiger charge is 2.21. The van der Waals surface area contributed by atoms with Crippen molar-refractivity contribution < 1.29 is 15.2 Å². The van der Waals surface area contributed by atoms with Crippen molar-refractivity contribution in [1.29, 1.82) is 0 Å². The number of hydrogen-bond acceptors (Lipinski definition) is 2. The third-order valence-corrected chi connectivity index (χ3v) is 3.88.